The zero-order valence-corrected chi connectivity index (χ0v) is 12.7. The second-order valence-corrected chi connectivity index (χ2v) is 5.28. The number of carbonyl (C=O) groups is 1. The first-order chi connectivity index (χ1) is 8.90. The molecule has 0 bridgehead atoms. The monoisotopic (exact) mass is 324 g/mol. The number of carboxylic acid groups (broad SMARTS) is 1. The molecule has 0 radical (unpaired) electrons. The number of rotatable bonds is 6. The van der Waals surface area contributed by atoms with Gasteiger partial charge < -0.3 is 9.84 Å². The summed E-state index contributed by atoms with van der Waals surface area (Å²) >= 11 is 3.39. The van der Waals surface area contributed by atoms with Crippen molar-refractivity contribution in [2.45, 2.75) is 20.3 Å². The Morgan fingerprint density at radius 2 is 2.21 bits per heavy atom. The zero-order chi connectivity index (χ0) is 14.4. The van der Waals surface area contributed by atoms with Crippen LogP contribution in [0.5, 0.6) is 5.75 Å². The molecule has 0 aliphatic heterocycles. The molecule has 0 heterocycles. The van der Waals surface area contributed by atoms with E-state index in [9.17, 15) is 4.79 Å². The molecule has 1 rings (SSSR count). The molecule has 1 N–H and O–H groups in total. The Balaban J connectivity index is 2.99. The average Bonchev–Trinajstić information content (AvgIpc) is 2.28. The smallest absolute Gasteiger partial charge is 0.328 e. The standard InChI is InChI=1S/C15H17BrO3/c1-10(2)6-7-19-15-11(3)8-13(16)9-12(15)4-5-14(17)18/h4-5,8-9H,1,6-7H2,2-3H3,(H,17,18)/b5-4+. The molecule has 0 saturated heterocycles. The highest BCUT2D eigenvalue weighted by Gasteiger charge is 2.07. The molecule has 19 heavy (non-hydrogen) atoms. The van der Waals surface area contributed by atoms with Gasteiger partial charge in [0.1, 0.15) is 5.75 Å². The first-order valence-electron chi connectivity index (χ1n) is 5.88. The Morgan fingerprint density at radius 1 is 1.53 bits per heavy atom. The molecule has 0 atom stereocenters. The summed E-state index contributed by atoms with van der Waals surface area (Å²) in [5.41, 5.74) is 2.76. The van der Waals surface area contributed by atoms with Crippen LogP contribution in [0.2, 0.25) is 0 Å². The molecule has 1 aromatic carbocycles. The number of benzene rings is 1. The van der Waals surface area contributed by atoms with E-state index in [-0.39, 0.29) is 0 Å². The third-order valence-electron chi connectivity index (χ3n) is 2.45. The van der Waals surface area contributed by atoms with Crippen LogP contribution in [0, 0.1) is 6.92 Å². The van der Waals surface area contributed by atoms with Gasteiger partial charge in [-0.1, -0.05) is 21.5 Å². The van der Waals surface area contributed by atoms with Crippen LogP contribution in [0.25, 0.3) is 6.08 Å². The van der Waals surface area contributed by atoms with Crippen molar-refractivity contribution in [2.75, 3.05) is 6.61 Å². The summed E-state index contributed by atoms with van der Waals surface area (Å²) in [6.45, 7) is 8.24. The van der Waals surface area contributed by atoms with Crippen molar-refractivity contribution in [1.29, 1.82) is 0 Å². The predicted molar refractivity (Wildman–Crippen MR) is 80.5 cm³/mol. The van der Waals surface area contributed by atoms with Crippen LogP contribution < -0.4 is 4.74 Å². The first kappa shape index (κ1) is 15.5. The third kappa shape index (κ3) is 5.30. The van der Waals surface area contributed by atoms with Gasteiger partial charge in [0.25, 0.3) is 0 Å². The summed E-state index contributed by atoms with van der Waals surface area (Å²) in [5, 5.41) is 8.70. The molecule has 0 spiro atoms. The number of hydrogen-bond acceptors (Lipinski definition) is 2. The quantitative estimate of drug-likeness (QED) is 0.630. The van der Waals surface area contributed by atoms with Gasteiger partial charge in [0, 0.05) is 22.5 Å². The molecule has 1 aromatic rings. The van der Waals surface area contributed by atoms with Crippen molar-refractivity contribution in [3.05, 3.63) is 46.0 Å². The first-order valence-corrected chi connectivity index (χ1v) is 6.68. The van der Waals surface area contributed by atoms with E-state index in [0.717, 1.165) is 33.7 Å². The highest BCUT2D eigenvalue weighted by atomic mass is 79.9. The minimum absolute atomic E-state index is 0.533. The van der Waals surface area contributed by atoms with Crippen LogP contribution in [0.1, 0.15) is 24.5 Å². The molecule has 4 heteroatoms. The van der Waals surface area contributed by atoms with E-state index in [1.165, 1.54) is 6.08 Å². The van der Waals surface area contributed by atoms with Gasteiger partial charge in [0.15, 0.2) is 0 Å². The van der Waals surface area contributed by atoms with E-state index < -0.39 is 5.97 Å². The van der Waals surface area contributed by atoms with E-state index in [4.69, 9.17) is 9.84 Å². The van der Waals surface area contributed by atoms with Crippen molar-refractivity contribution in [3.63, 3.8) is 0 Å². The molecule has 0 amide bonds. The maximum atomic E-state index is 10.6. The number of aryl methyl sites for hydroxylation is 1. The Labute approximate surface area is 121 Å². The fourth-order valence-corrected chi connectivity index (χ4v) is 2.16. The molecule has 0 saturated carbocycles. The molecule has 0 fully saturated rings. The number of halogens is 1. The van der Waals surface area contributed by atoms with Gasteiger partial charge in [-0.15, -0.1) is 6.58 Å². The van der Waals surface area contributed by atoms with E-state index in [1.807, 2.05) is 26.0 Å². The van der Waals surface area contributed by atoms with Crippen LogP contribution in [0.15, 0.2) is 34.8 Å². The molecule has 0 aliphatic carbocycles. The molecule has 0 aromatic heterocycles. The lowest BCUT2D eigenvalue weighted by atomic mass is 10.1. The van der Waals surface area contributed by atoms with Crippen LogP contribution in [-0.4, -0.2) is 17.7 Å². The lowest BCUT2D eigenvalue weighted by Gasteiger charge is -2.13. The minimum Gasteiger partial charge on any atom is -0.492 e. The Bertz CT molecular complexity index is 518. The largest absolute Gasteiger partial charge is 0.492 e. The summed E-state index contributed by atoms with van der Waals surface area (Å²) in [5.74, 6) is -0.271. The van der Waals surface area contributed by atoms with E-state index in [0.29, 0.717) is 12.4 Å². The normalized spacial score (nSPS) is 10.7. The molecular weight excluding hydrogens is 308 g/mol. The van der Waals surface area contributed by atoms with Gasteiger partial charge in [-0.2, -0.15) is 0 Å². The number of carboxylic acids is 1. The van der Waals surface area contributed by atoms with Gasteiger partial charge in [-0.3, -0.25) is 0 Å². The van der Waals surface area contributed by atoms with Gasteiger partial charge in [0.05, 0.1) is 6.61 Å². The number of ether oxygens (including phenoxy) is 1. The van der Waals surface area contributed by atoms with E-state index in [1.54, 1.807) is 0 Å². The number of aliphatic carboxylic acids is 1. The Morgan fingerprint density at radius 3 is 2.79 bits per heavy atom. The van der Waals surface area contributed by atoms with Crippen molar-refractivity contribution in [3.8, 4) is 5.75 Å². The van der Waals surface area contributed by atoms with Crippen LogP contribution in [0.3, 0.4) is 0 Å². The maximum absolute atomic E-state index is 10.6. The Kier molecular flexibility index (Phi) is 5.83. The maximum Gasteiger partial charge on any atom is 0.328 e. The zero-order valence-electron chi connectivity index (χ0n) is 11.1. The molecule has 0 unspecified atom stereocenters. The van der Waals surface area contributed by atoms with Gasteiger partial charge in [-0.25, -0.2) is 4.79 Å². The summed E-state index contributed by atoms with van der Waals surface area (Å²) in [6.07, 6.45) is 3.42. The summed E-state index contributed by atoms with van der Waals surface area (Å²) in [4.78, 5) is 10.6. The third-order valence-corrected chi connectivity index (χ3v) is 2.91. The molecule has 3 nitrogen and oxygen atoms in total. The highest BCUT2D eigenvalue weighted by Crippen LogP contribution is 2.29. The summed E-state index contributed by atoms with van der Waals surface area (Å²) < 4.78 is 6.63. The van der Waals surface area contributed by atoms with Crippen LogP contribution in [0.4, 0.5) is 0 Å². The van der Waals surface area contributed by atoms with Gasteiger partial charge in [-0.05, 0) is 37.6 Å². The van der Waals surface area contributed by atoms with Crippen molar-refractivity contribution in [1.82, 2.24) is 0 Å². The fourth-order valence-electron chi connectivity index (χ4n) is 1.57. The predicted octanol–water partition coefficient (Wildman–Crippen LogP) is 4.20. The lowest BCUT2D eigenvalue weighted by molar-refractivity contribution is -0.131. The second-order valence-electron chi connectivity index (χ2n) is 4.37. The molecular formula is C15H17BrO3. The summed E-state index contributed by atoms with van der Waals surface area (Å²) in [7, 11) is 0. The topological polar surface area (TPSA) is 46.5 Å². The van der Waals surface area contributed by atoms with Crippen molar-refractivity contribution >= 4 is 28.0 Å². The molecule has 102 valence electrons. The SMILES string of the molecule is C=C(C)CCOc1c(C)cc(Br)cc1/C=C/C(=O)O. The highest BCUT2D eigenvalue weighted by molar-refractivity contribution is 9.10. The van der Waals surface area contributed by atoms with Crippen LogP contribution >= 0.6 is 15.9 Å². The van der Waals surface area contributed by atoms with E-state index in [2.05, 4.69) is 22.5 Å². The summed E-state index contributed by atoms with van der Waals surface area (Å²) in [6, 6.07) is 3.77. The fraction of sp³-hybridized carbons (Fsp3) is 0.267. The van der Waals surface area contributed by atoms with Crippen molar-refractivity contribution in [2.24, 2.45) is 0 Å². The van der Waals surface area contributed by atoms with E-state index >= 15 is 0 Å². The number of hydrogen-bond donors (Lipinski definition) is 1. The molecule has 0 aliphatic rings. The lowest BCUT2D eigenvalue weighted by Crippen LogP contribution is -2.01. The Hall–Kier alpha value is -1.55. The van der Waals surface area contributed by atoms with Crippen molar-refractivity contribution < 1.29 is 14.6 Å². The van der Waals surface area contributed by atoms with Gasteiger partial charge >= 0.3 is 5.97 Å². The second kappa shape index (κ2) is 7.14. The van der Waals surface area contributed by atoms with Crippen LogP contribution in [-0.2, 0) is 4.79 Å². The average molecular weight is 325 g/mol. The van der Waals surface area contributed by atoms with Gasteiger partial charge in [0.2, 0.25) is 0 Å². The minimum atomic E-state index is -0.981.